The van der Waals surface area contributed by atoms with Crippen molar-refractivity contribution in [3.8, 4) is 6.07 Å². The first-order chi connectivity index (χ1) is 11.2. The summed E-state index contributed by atoms with van der Waals surface area (Å²) in [6, 6.07) is 18.8. The molecule has 0 bridgehead atoms. The van der Waals surface area contributed by atoms with Gasteiger partial charge in [-0.3, -0.25) is 0 Å². The lowest BCUT2D eigenvalue weighted by Gasteiger charge is -2.09. The minimum absolute atomic E-state index is 0.496. The third kappa shape index (κ3) is 3.84. The molecule has 0 radical (unpaired) electrons. The smallest absolute Gasteiger partial charge is 0.229 e. The Bertz CT molecular complexity index is 855. The van der Waals surface area contributed by atoms with E-state index in [1.807, 2.05) is 36.4 Å². The van der Waals surface area contributed by atoms with Crippen molar-refractivity contribution >= 4 is 39.1 Å². The van der Waals surface area contributed by atoms with Crippen LogP contribution in [0.5, 0.6) is 0 Å². The summed E-state index contributed by atoms with van der Waals surface area (Å²) in [6.07, 6.45) is 1.68. The average molecular weight is 366 g/mol. The maximum absolute atomic E-state index is 8.81. The van der Waals surface area contributed by atoms with Gasteiger partial charge in [-0.1, -0.05) is 12.1 Å². The number of halogens is 1. The number of para-hydroxylation sites is 1. The van der Waals surface area contributed by atoms with E-state index in [2.05, 4.69) is 42.6 Å². The summed E-state index contributed by atoms with van der Waals surface area (Å²) in [4.78, 5) is 8.65. The first-order valence-corrected chi connectivity index (χ1v) is 7.66. The molecule has 3 aromatic rings. The Labute approximate surface area is 142 Å². The van der Waals surface area contributed by atoms with Crippen LogP contribution >= 0.6 is 15.9 Å². The molecule has 5 nitrogen and oxygen atoms in total. The third-order valence-corrected chi connectivity index (χ3v) is 3.75. The molecular weight excluding hydrogens is 354 g/mol. The molecule has 0 atom stereocenters. The molecule has 0 saturated carbocycles. The van der Waals surface area contributed by atoms with Gasteiger partial charge < -0.3 is 10.6 Å². The first kappa shape index (κ1) is 15.0. The van der Waals surface area contributed by atoms with Crippen LogP contribution in [0.2, 0.25) is 0 Å². The average Bonchev–Trinajstić information content (AvgIpc) is 2.58. The Hall–Kier alpha value is -2.91. The van der Waals surface area contributed by atoms with E-state index >= 15 is 0 Å². The van der Waals surface area contributed by atoms with Crippen LogP contribution in [0.1, 0.15) is 5.56 Å². The fourth-order valence-corrected chi connectivity index (χ4v) is 2.33. The number of aromatic nitrogens is 2. The predicted molar refractivity (Wildman–Crippen MR) is 93.9 cm³/mol. The summed E-state index contributed by atoms with van der Waals surface area (Å²) in [5.74, 6) is 1.16. The number of nitrogens with zero attached hydrogens (tertiary/aromatic N) is 3. The molecule has 0 aliphatic rings. The van der Waals surface area contributed by atoms with E-state index in [0.717, 1.165) is 15.8 Å². The SMILES string of the molecule is N#Cc1ccc(Nc2ccnc(Nc3ccccc3Br)n2)cc1. The van der Waals surface area contributed by atoms with Crippen molar-refractivity contribution in [1.29, 1.82) is 5.26 Å². The molecule has 112 valence electrons. The number of hydrogen-bond acceptors (Lipinski definition) is 5. The van der Waals surface area contributed by atoms with E-state index in [0.29, 0.717) is 17.3 Å². The highest BCUT2D eigenvalue weighted by molar-refractivity contribution is 9.10. The van der Waals surface area contributed by atoms with Gasteiger partial charge in [-0.05, 0) is 58.4 Å². The monoisotopic (exact) mass is 365 g/mol. The Balaban J connectivity index is 1.77. The zero-order valence-corrected chi connectivity index (χ0v) is 13.6. The molecule has 1 heterocycles. The van der Waals surface area contributed by atoms with Gasteiger partial charge >= 0.3 is 0 Å². The maximum Gasteiger partial charge on any atom is 0.229 e. The van der Waals surface area contributed by atoms with Crippen LogP contribution in [-0.2, 0) is 0 Å². The minimum Gasteiger partial charge on any atom is -0.340 e. The summed E-state index contributed by atoms with van der Waals surface area (Å²) in [6.45, 7) is 0. The van der Waals surface area contributed by atoms with Crippen LogP contribution in [-0.4, -0.2) is 9.97 Å². The topological polar surface area (TPSA) is 73.6 Å². The Morgan fingerprint density at radius 1 is 0.957 bits per heavy atom. The Morgan fingerprint density at radius 3 is 2.48 bits per heavy atom. The number of hydrogen-bond donors (Lipinski definition) is 2. The molecule has 1 aromatic heterocycles. The van der Waals surface area contributed by atoms with Crippen molar-refractivity contribution in [2.75, 3.05) is 10.6 Å². The van der Waals surface area contributed by atoms with Crippen LogP contribution < -0.4 is 10.6 Å². The number of nitrogens with one attached hydrogen (secondary N) is 2. The minimum atomic E-state index is 0.496. The van der Waals surface area contributed by atoms with E-state index < -0.39 is 0 Å². The fourth-order valence-electron chi connectivity index (χ4n) is 1.95. The van der Waals surface area contributed by atoms with E-state index in [4.69, 9.17) is 5.26 Å². The molecule has 0 fully saturated rings. The highest BCUT2D eigenvalue weighted by Gasteiger charge is 2.03. The second-order valence-corrected chi connectivity index (χ2v) is 5.54. The van der Waals surface area contributed by atoms with Gasteiger partial charge in [0.25, 0.3) is 0 Å². The van der Waals surface area contributed by atoms with E-state index in [-0.39, 0.29) is 0 Å². The van der Waals surface area contributed by atoms with Crippen molar-refractivity contribution in [1.82, 2.24) is 9.97 Å². The summed E-state index contributed by atoms with van der Waals surface area (Å²) in [7, 11) is 0. The van der Waals surface area contributed by atoms with Crippen LogP contribution in [0.4, 0.5) is 23.1 Å². The molecule has 0 aliphatic heterocycles. The molecule has 0 saturated heterocycles. The zero-order valence-electron chi connectivity index (χ0n) is 12.0. The maximum atomic E-state index is 8.81. The van der Waals surface area contributed by atoms with E-state index in [1.165, 1.54) is 0 Å². The fraction of sp³-hybridized carbons (Fsp3) is 0. The number of rotatable bonds is 4. The van der Waals surface area contributed by atoms with E-state index in [9.17, 15) is 0 Å². The molecule has 2 aromatic carbocycles. The second-order valence-electron chi connectivity index (χ2n) is 4.68. The summed E-state index contributed by atoms with van der Waals surface area (Å²) >= 11 is 3.48. The highest BCUT2D eigenvalue weighted by Crippen LogP contribution is 2.24. The van der Waals surface area contributed by atoms with Crippen LogP contribution in [0.15, 0.2) is 65.3 Å². The standard InChI is InChI=1S/C17H12BrN5/c18-14-3-1-2-4-15(14)22-17-20-10-9-16(23-17)21-13-7-5-12(11-19)6-8-13/h1-10H,(H2,20,21,22,23). The lowest BCUT2D eigenvalue weighted by atomic mass is 10.2. The summed E-state index contributed by atoms with van der Waals surface area (Å²) in [5.41, 5.74) is 2.37. The van der Waals surface area contributed by atoms with Gasteiger partial charge in [0.15, 0.2) is 0 Å². The summed E-state index contributed by atoms with van der Waals surface area (Å²) in [5, 5.41) is 15.2. The highest BCUT2D eigenvalue weighted by atomic mass is 79.9. The van der Waals surface area contributed by atoms with Gasteiger partial charge in [0.2, 0.25) is 5.95 Å². The molecule has 0 unspecified atom stereocenters. The van der Waals surface area contributed by atoms with Gasteiger partial charge in [-0.2, -0.15) is 10.2 Å². The van der Waals surface area contributed by atoms with Crippen molar-refractivity contribution < 1.29 is 0 Å². The van der Waals surface area contributed by atoms with Gasteiger partial charge in [0.1, 0.15) is 5.82 Å². The predicted octanol–water partition coefficient (Wildman–Crippen LogP) is 4.60. The van der Waals surface area contributed by atoms with Crippen molar-refractivity contribution in [2.24, 2.45) is 0 Å². The lowest BCUT2D eigenvalue weighted by Crippen LogP contribution is -2.00. The first-order valence-electron chi connectivity index (χ1n) is 6.86. The zero-order chi connectivity index (χ0) is 16.1. The van der Waals surface area contributed by atoms with E-state index in [1.54, 1.807) is 24.4 Å². The quantitative estimate of drug-likeness (QED) is 0.706. The Kier molecular flexibility index (Phi) is 4.50. The molecule has 0 amide bonds. The van der Waals surface area contributed by atoms with Crippen molar-refractivity contribution in [3.63, 3.8) is 0 Å². The normalized spacial score (nSPS) is 9.91. The summed E-state index contributed by atoms with van der Waals surface area (Å²) < 4.78 is 0.939. The van der Waals surface area contributed by atoms with Gasteiger partial charge in [-0.15, -0.1) is 0 Å². The molecule has 0 spiro atoms. The molecule has 0 aliphatic carbocycles. The lowest BCUT2D eigenvalue weighted by molar-refractivity contribution is 1.16. The van der Waals surface area contributed by atoms with Gasteiger partial charge in [0.05, 0.1) is 17.3 Å². The number of benzene rings is 2. The second kappa shape index (κ2) is 6.90. The van der Waals surface area contributed by atoms with Crippen molar-refractivity contribution in [2.45, 2.75) is 0 Å². The Morgan fingerprint density at radius 2 is 1.74 bits per heavy atom. The van der Waals surface area contributed by atoms with Crippen LogP contribution in [0.3, 0.4) is 0 Å². The van der Waals surface area contributed by atoms with Crippen molar-refractivity contribution in [3.05, 3.63) is 70.8 Å². The number of nitriles is 1. The van der Waals surface area contributed by atoms with Crippen LogP contribution in [0.25, 0.3) is 0 Å². The molecule has 6 heteroatoms. The molecule has 3 rings (SSSR count). The molecule has 2 N–H and O–H groups in total. The van der Waals surface area contributed by atoms with Gasteiger partial charge in [0, 0.05) is 16.4 Å². The molecular formula is C17H12BrN5. The number of anilines is 4. The molecule has 23 heavy (non-hydrogen) atoms. The van der Waals surface area contributed by atoms with Gasteiger partial charge in [-0.25, -0.2) is 4.98 Å². The third-order valence-electron chi connectivity index (χ3n) is 3.06. The largest absolute Gasteiger partial charge is 0.340 e. The van der Waals surface area contributed by atoms with Crippen LogP contribution in [0, 0.1) is 11.3 Å².